The fraction of sp³-hybridized carbons (Fsp3) is 0.0769. The van der Waals surface area contributed by atoms with Gasteiger partial charge >= 0.3 is 0 Å². The molecule has 0 fully saturated rings. The van der Waals surface area contributed by atoms with Crippen LogP contribution in [0.3, 0.4) is 0 Å². The molecule has 0 atom stereocenters. The highest BCUT2D eigenvalue weighted by Crippen LogP contribution is 2.31. The number of nitrogens with one attached hydrogen (secondary N) is 1. The van der Waals surface area contributed by atoms with Crippen LogP contribution >= 0.6 is 0 Å². The van der Waals surface area contributed by atoms with Crippen LogP contribution in [-0.2, 0) is 0 Å². The lowest BCUT2D eigenvalue weighted by atomic mass is 10.2. The number of rotatable bonds is 2. The summed E-state index contributed by atoms with van der Waals surface area (Å²) < 4.78 is 5.24. The van der Waals surface area contributed by atoms with Gasteiger partial charge in [0.05, 0.1) is 29.9 Å². The Balaban J connectivity index is 2.19. The molecule has 3 rings (SSSR count). The third kappa shape index (κ3) is 1.66. The number of imidazole rings is 1. The number of hydrogen-bond donors (Lipinski definition) is 2. The first kappa shape index (κ1) is 10.6. The third-order valence-corrected chi connectivity index (χ3v) is 2.72. The number of benzene rings is 1. The molecule has 2 N–H and O–H groups in total. The average Bonchev–Trinajstić information content (AvgIpc) is 2.82. The number of methoxy groups -OCH3 is 1. The Hall–Kier alpha value is -2.56. The van der Waals surface area contributed by atoms with E-state index < -0.39 is 0 Å². The summed E-state index contributed by atoms with van der Waals surface area (Å²) in [7, 11) is 1.56. The van der Waals surface area contributed by atoms with Crippen molar-refractivity contribution in [3.8, 4) is 22.9 Å². The molecule has 0 amide bonds. The third-order valence-electron chi connectivity index (χ3n) is 2.72. The molecule has 0 aliphatic heterocycles. The molecule has 5 nitrogen and oxygen atoms in total. The van der Waals surface area contributed by atoms with Gasteiger partial charge < -0.3 is 14.8 Å². The van der Waals surface area contributed by atoms with Crippen molar-refractivity contribution in [3.63, 3.8) is 0 Å². The predicted molar refractivity (Wildman–Crippen MR) is 67.5 cm³/mol. The number of aromatic nitrogens is 3. The number of hydrogen-bond acceptors (Lipinski definition) is 4. The summed E-state index contributed by atoms with van der Waals surface area (Å²) in [5, 5.41) is 9.43. The van der Waals surface area contributed by atoms with Gasteiger partial charge in [-0.25, -0.2) is 4.98 Å². The molecule has 0 saturated carbocycles. The Morgan fingerprint density at radius 3 is 2.94 bits per heavy atom. The zero-order valence-electron chi connectivity index (χ0n) is 9.71. The molecule has 0 radical (unpaired) electrons. The maximum absolute atomic E-state index is 9.43. The SMILES string of the molecule is COc1cc(O)ccc1-c1nc2ccncc2[nH]1. The Labute approximate surface area is 103 Å². The quantitative estimate of drug-likeness (QED) is 0.722. The molecule has 0 spiro atoms. The number of nitrogens with zero attached hydrogens (tertiary/aromatic N) is 2. The van der Waals surface area contributed by atoms with E-state index >= 15 is 0 Å². The van der Waals surface area contributed by atoms with E-state index in [9.17, 15) is 5.11 Å². The fourth-order valence-electron chi connectivity index (χ4n) is 1.86. The molecule has 2 aromatic heterocycles. The van der Waals surface area contributed by atoms with Crippen LogP contribution in [0.4, 0.5) is 0 Å². The molecule has 0 aliphatic carbocycles. The highest BCUT2D eigenvalue weighted by atomic mass is 16.5. The number of fused-ring (bicyclic) bond motifs is 1. The highest BCUT2D eigenvalue weighted by molar-refractivity contribution is 5.80. The van der Waals surface area contributed by atoms with Gasteiger partial charge in [0.25, 0.3) is 0 Å². The molecule has 5 heteroatoms. The minimum Gasteiger partial charge on any atom is -0.508 e. The predicted octanol–water partition coefficient (Wildman–Crippen LogP) is 2.34. The Morgan fingerprint density at radius 1 is 1.28 bits per heavy atom. The van der Waals surface area contributed by atoms with Crippen molar-refractivity contribution in [1.29, 1.82) is 0 Å². The molecular weight excluding hydrogens is 230 g/mol. The first-order valence-electron chi connectivity index (χ1n) is 5.45. The Bertz CT molecular complexity index is 673. The van der Waals surface area contributed by atoms with Gasteiger partial charge in [-0.15, -0.1) is 0 Å². The van der Waals surface area contributed by atoms with Crippen molar-refractivity contribution in [2.45, 2.75) is 0 Å². The van der Waals surface area contributed by atoms with Crippen molar-refractivity contribution in [1.82, 2.24) is 15.0 Å². The first-order chi connectivity index (χ1) is 8.78. The van der Waals surface area contributed by atoms with Gasteiger partial charge in [-0.3, -0.25) is 4.98 Å². The van der Waals surface area contributed by atoms with Gasteiger partial charge in [0, 0.05) is 12.3 Å². The largest absolute Gasteiger partial charge is 0.508 e. The maximum Gasteiger partial charge on any atom is 0.142 e. The molecule has 0 aliphatic rings. The molecule has 0 saturated heterocycles. The lowest BCUT2D eigenvalue weighted by molar-refractivity contribution is 0.409. The van der Waals surface area contributed by atoms with Crippen LogP contribution in [-0.4, -0.2) is 27.2 Å². The van der Waals surface area contributed by atoms with Gasteiger partial charge in [0.1, 0.15) is 17.3 Å². The van der Waals surface area contributed by atoms with E-state index in [1.165, 1.54) is 0 Å². The fourth-order valence-corrected chi connectivity index (χ4v) is 1.86. The van der Waals surface area contributed by atoms with Gasteiger partial charge in [-0.2, -0.15) is 0 Å². The van der Waals surface area contributed by atoms with Gasteiger partial charge in [0.2, 0.25) is 0 Å². The molecule has 0 unspecified atom stereocenters. The van der Waals surface area contributed by atoms with E-state index in [-0.39, 0.29) is 5.75 Å². The number of phenols is 1. The average molecular weight is 241 g/mol. The van der Waals surface area contributed by atoms with Crippen LogP contribution in [0.15, 0.2) is 36.7 Å². The van der Waals surface area contributed by atoms with Gasteiger partial charge in [0.15, 0.2) is 0 Å². The lowest BCUT2D eigenvalue weighted by Gasteiger charge is -2.06. The van der Waals surface area contributed by atoms with E-state index in [2.05, 4.69) is 15.0 Å². The molecule has 0 bridgehead atoms. The summed E-state index contributed by atoms with van der Waals surface area (Å²) in [6.45, 7) is 0. The molecule has 1 aromatic carbocycles. The van der Waals surface area contributed by atoms with E-state index in [0.717, 1.165) is 16.6 Å². The zero-order valence-corrected chi connectivity index (χ0v) is 9.71. The highest BCUT2D eigenvalue weighted by Gasteiger charge is 2.11. The van der Waals surface area contributed by atoms with E-state index in [1.54, 1.807) is 37.7 Å². The standard InChI is InChI=1S/C13H11N3O2/c1-18-12-6-8(17)2-3-9(12)13-15-10-4-5-14-7-11(10)16-13/h2-7,17H,1H3,(H,15,16). The molecular formula is C13H11N3O2. The summed E-state index contributed by atoms with van der Waals surface area (Å²) in [5.74, 6) is 1.42. The van der Waals surface area contributed by atoms with Crippen molar-refractivity contribution in [2.24, 2.45) is 0 Å². The van der Waals surface area contributed by atoms with Crippen molar-refractivity contribution in [3.05, 3.63) is 36.7 Å². The van der Waals surface area contributed by atoms with Crippen LogP contribution in [0, 0.1) is 0 Å². The van der Waals surface area contributed by atoms with Crippen LogP contribution in [0.1, 0.15) is 0 Å². The van der Waals surface area contributed by atoms with Crippen molar-refractivity contribution < 1.29 is 9.84 Å². The monoisotopic (exact) mass is 241 g/mol. The molecule has 2 heterocycles. The number of ether oxygens (including phenoxy) is 1. The Kier molecular flexibility index (Phi) is 2.37. The number of pyridine rings is 1. The van der Waals surface area contributed by atoms with Gasteiger partial charge in [-0.05, 0) is 18.2 Å². The molecule has 18 heavy (non-hydrogen) atoms. The summed E-state index contributed by atoms with van der Waals surface area (Å²) in [6.07, 6.45) is 3.42. The molecule has 90 valence electrons. The van der Waals surface area contributed by atoms with Crippen LogP contribution in [0.25, 0.3) is 22.4 Å². The summed E-state index contributed by atoms with van der Waals surface area (Å²) in [4.78, 5) is 11.7. The maximum atomic E-state index is 9.43. The number of aromatic amines is 1. The minimum atomic E-state index is 0.161. The van der Waals surface area contributed by atoms with Crippen molar-refractivity contribution >= 4 is 11.0 Å². The van der Waals surface area contributed by atoms with E-state index in [1.807, 2.05) is 6.07 Å². The summed E-state index contributed by atoms with van der Waals surface area (Å²) >= 11 is 0. The van der Waals surface area contributed by atoms with Crippen LogP contribution in [0.5, 0.6) is 11.5 Å². The number of H-pyrrole nitrogens is 1. The smallest absolute Gasteiger partial charge is 0.142 e. The second kappa shape index (κ2) is 4.03. The normalized spacial score (nSPS) is 10.7. The van der Waals surface area contributed by atoms with E-state index in [4.69, 9.17) is 4.74 Å². The second-order valence-corrected chi connectivity index (χ2v) is 3.86. The van der Waals surface area contributed by atoms with Crippen molar-refractivity contribution in [2.75, 3.05) is 7.11 Å². The second-order valence-electron chi connectivity index (χ2n) is 3.86. The van der Waals surface area contributed by atoms with Gasteiger partial charge in [-0.1, -0.05) is 0 Å². The Morgan fingerprint density at radius 2 is 2.17 bits per heavy atom. The summed E-state index contributed by atoms with van der Waals surface area (Å²) in [5.41, 5.74) is 2.50. The molecule has 3 aromatic rings. The number of phenolic OH excluding ortho intramolecular Hbond substituents is 1. The lowest BCUT2D eigenvalue weighted by Crippen LogP contribution is -1.88. The summed E-state index contributed by atoms with van der Waals surface area (Å²) in [6, 6.07) is 6.76. The first-order valence-corrected chi connectivity index (χ1v) is 5.45. The minimum absolute atomic E-state index is 0.161. The topological polar surface area (TPSA) is 71.0 Å². The van der Waals surface area contributed by atoms with Crippen LogP contribution < -0.4 is 4.74 Å². The van der Waals surface area contributed by atoms with Crippen LogP contribution in [0.2, 0.25) is 0 Å². The number of aromatic hydroxyl groups is 1. The zero-order chi connectivity index (χ0) is 12.5. The van der Waals surface area contributed by atoms with E-state index in [0.29, 0.717) is 11.6 Å².